The minimum absolute atomic E-state index is 0.469. The van der Waals surface area contributed by atoms with Gasteiger partial charge >= 0.3 is 0 Å². The molecule has 196 valence electrons. The van der Waals surface area contributed by atoms with Gasteiger partial charge in [0.15, 0.2) is 0 Å². The Morgan fingerprint density at radius 2 is 1.40 bits per heavy atom. The molecule has 2 bridgehead atoms. The fraction of sp³-hybridized carbons (Fsp3) is 0.765. The van der Waals surface area contributed by atoms with E-state index in [1.807, 2.05) is 0 Å². The first-order valence-corrected chi connectivity index (χ1v) is 15.6. The van der Waals surface area contributed by atoms with Crippen molar-refractivity contribution < 1.29 is 4.74 Å². The summed E-state index contributed by atoms with van der Waals surface area (Å²) < 4.78 is 6.14. The van der Waals surface area contributed by atoms with Gasteiger partial charge in [-0.3, -0.25) is 0 Å². The molecule has 0 N–H and O–H groups in total. The molecular formula is C34H54O. The van der Waals surface area contributed by atoms with Crippen molar-refractivity contribution in [2.45, 2.75) is 153 Å². The molecule has 0 saturated heterocycles. The maximum Gasteiger partial charge on any atom is 0.0651 e. The van der Waals surface area contributed by atoms with Gasteiger partial charge in [-0.05, 0) is 105 Å². The third-order valence-electron chi connectivity index (χ3n) is 10.2. The van der Waals surface area contributed by atoms with E-state index in [4.69, 9.17) is 4.74 Å². The number of allylic oxidation sites excluding steroid dienone is 1. The van der Waals surface area contributed by atoms with Crippen molar-refractivity contribution in [3.05, 3.63) is 47.5 Å². The van der Waals surface area contributed by atoms with Crippen LogP contribution < -0.4 is 0 Å². The van der Waals surface area contributed by atoms with Crippen molar-refractivity contribution in [1.82, 2.24) is 0 Å². The first-order valence-electron chi connectivity index (χ1n) is 15.6. The molecule has 0 heterocycles. The fourth-order valence-corrected chi connectivity index (χ4v) is 7.55. The summed E-state index contributed by atoms with van der Waals surface area (Å²) >= 11 is 0. The van der Waals surface area contributed by atoms with Crippen molar-refractivity contribution in [2.24, 2.45) is 5.41 Å². The van der Waals surface area contributed by atoms with E-state index in [1.54, 1.807) is 11.1 Å². The van der Waals surface area contributed by atoms with Crippen LogP contribution in [-0.4, -0.2) is 12.7 Å². The lowest BCUT2D eigenvalue weighted by atomic mass is 9.51. The second-order valence-corrected chi connectivity index (χ2v) is 12.5. The van der Waals surface area contributed by atoms with E-state index in [-0.39, 0.29) is 0 Å². The number of ether oxygens (including phenoxy) is 1. The molecule has 4 fully saturated rings. The third kappa shape index (κ3) is 7.24. The van der Waals surface area contributed by atoms with Crippen molar-refractivity contribution in [2.75, 3.05) is 6.61 Å². The lowest BCUT2D eigenvalue weighted by molar-refractivity contribution is 0.0304. The van der Waals surface area contributed by atoms with Crippen LogP contribution >= 0.6 is 0 Å². The van der Waals surface area contributed by atoms with Crippen molar-refractivity contribution in [1.29, 1.82) is 0 Å². The van der Waals surface area contributed by atoms with E-state index in [0.29, 0.717) is 16.9 Å². The van der Waals surface area contributed by atoms with Crippen LogP contribution in [0.2, 0.25) is 0 Å². The van der Waals surface area contributed by atoms with Gasteiger partial charge in [0.25, 0.3) is 0 Å². The monoisotopic (exact) mass is 478 g/mol. The van der Waals surface area contributed by atoms with Crippen LogP contribution in [0.4, 0.5) is 0 Å². The smallest absolute Gasteiger partial charge is 0.0651 e. The number of fused-ring (bicyclic) bond motifs is 3. The average Bonchev–Trinajstić information content (AvgIpc) is 2.92. The summed E-state index contributed by atoms with van der Waals surface area (Å²) in [7, 11) is 0. The van der Waals surface area contributed by atoms with Crippen LogP contribution in [0.3, 0.4) is 0 Å². The van der Waals surface area contributed by atoms with Gasteiger partial charge in [-0.1, -0.05) is 95.2 Å². The number of unbranched alkanes of at least 4 members (excludes halogenated alkanes) is 6. The molecular weight excluding hydrogens is 424 g/mol. The predicted molar refractivity (Wildman–Crippen MR) is 151 cm³/mol. The van der Waals surface area contributed by atoms with Crippen molar-refractivity contribution in [3.8, 4) is 0 Å². The summed E-state index contributed by atoms with van der Waals surface area (Å²) in [5.74, 6) is 0.736. The molecule has 0 radical (unpaired) electrons. The molecule has 4 saturated carbocycles. The lowest BCUT2D eigenvalue weighted by Crippen LogP contribution is -2.44. The fourth-order valence-electron chi connectivity index (χ4n) is 7.55. The molecule has 0 amide bonds. The summed E-state index contributed by atoms with van der Waals surface area (Å²) in [6.45, 7) is 5.38. The Balaban J connectivity index is 1.21. The van der Waals surface area contributed by atoms with Crippen LogP contribution in [0.5, 0.6) is 0 Å². The molecule has 0 aliphatic heterocycles. The van der Waals surface area contributed by atoms with E-state index in [9.17, 15) is 0 Å². The second-order valence-electron chi connectivity index (χ2n) is 12.5. The van der Waals surface area contributed by atoms with Gasteiger partial charge in [0.2, 0.25) is 0 Å². The van der Waals surface area contributed by atoms with E-state index in [2.05, 4.69) is 50.3 Å². The molecule has 0 unspecified atom stereocenters. The highest BCUT2D eigenvalue weighted by Gasteiger charge is 2.48. The molecule has 0 aromatic heterocycles. The number of hydrogen-bond acceptors (Lipinski definition) is 1. The van der Waals surface area contributed by atoms with Gasteiger partial charge in [0.05, 0.1) is 12.7 Å². The van der Waals surface area contributed by atoms with Gasteiger partial charge < -0.3 is 4.74 Å². The molecule has 0 spiro atoms. The summed E-state index contributed by atoms with van der Waals surface area (Å²) in [4.78, 5) is 0. The molecule has 1 aromatic rings. The SMILES string of the molecule is CCCCC=CCO[C@H]1CC[C@H](c2ccc(C34CCC(CCCCCCC)(CC3)CC4)cc2)CC1. The Morgan fingerprint density at radius 1 is 0.743 bits per heavy atom. The van der Waals surface area contributed by atoms with E-state index < -0.39 is 0 Å². The normalized spacial score (nSPS) is 30.8. The highest BCUT2D eigenvalue weighted by Crippen LogP contribution is 2.59. The first kappa shape index (κ1) is 27.0. The highest BCUT2D eigenvalue weighted by atomic mass is 16.5. The van der Waals surface area contributed by atoms with Crippen LogP contribution in [0, 0.1) is 5.41 Å². The number of hydrogen-bond donors (Lipinski definition) is 0. The molecule has 1 aromatic carbocycles. The maximum atomic E-state index is 6.14. The van der Waals surface area contributed by atoms with Crippen LogP contribution in [0.15, 0.2) is 36.4 Å². The Kier molecular flexibility index (Phi) is 10.4. The van der Waals surface area contributed by atoms with Crippen molar-refractivity contribution >= 4 is 0 Å². The second kappa shape index (κ2) is 13.5. The molecule has 0 atom stereocenters. The summed E-state index contributed by atoms with van der Waals surface area (Å²) in [5.41, 5.74) is 4.44. The Morgan fingerprint density at radius 3 is 2.06 bits per heavy atom. The van der Waals surface area contributed by atoms with E-state index in [1.165, 1.54) is 122 Å². The molecule has 4 aliphatic rings. The summed E-state index contributed by atoms with van der Waals surface area (Å²) in [6, 6.07) is 10.1. The number of benzene rings is 1. The molecule has 35 heavy (non-hydrogen) atoms. The lowest BCUT2D eigenvalue weighted by Gasteiger charge is -2.54. The molecule has 1 heteroatoms. The predicted octanol–water partition coefficient (Wildman–Crippen LogP) is 10.4. The standard InChI is InChI=1S/C34H54O/c1-3-5-7-9-11-21-33-22-25-34(26-23-33,27-24-33)31-17-13-29(14-18-31)30-15-19-32(20-16-30)35-28-12-10-8-6-4-2/h10,12-14,17-18,30,32H,3-9,11,15-16,19-28H2,1-2H3/t30-,32-,33?,34?. The maximum absolute atomic E-state index is 6.14. The largest absolute Gasteiger partial charge is 0.374 e. The van der Waals surface area contributed by atoms with Gasteiger partial charge in [-0.15, -0.1) is 0 Å². The van der Waals surface area contributed by atoms with Gasteiger partial charge in [0, 0.05) is 0 Å². The third-order valence-corrected chi connectivity index (χ3v) is 10.2. The van der Waals surface area contributed by atoms with E-state index in [0.717, 1.165) is 12.5 Å². The highest BCUT2D eigenvalue weighted by molar-refractivity contribution is 5.33. The zero-order valence-corrected chi connectivity index (χ0v) is 23.2. The molecule has 5 rings (SSSR count). The summed E-state index contributed by atoms with van der Waals surface area (Å²) in [6.07, 6.45) is 31.3. The Labute approximate surface area is 217 Å². The Bertz CT molecular complexity index is 727. The Hall–Kier alpha value is -1.08. The van der Waals surface area contributed by atoms with Gasteiger partial charge in [0.1, 0.15) is 0 Å². The van der Waals surface area contributed by atoms with E-state index >= 15 is 0 Å². The van der Waals surface area contributed by atoms with Crippen molar-refractivity contribution in [3.63, 3.8) is 0 Å². The van der Waals surface area contributed by atoms with Gasteiger partial charge in [-0.25, -0.2) is 0 Å². The zero-order valence-electron chi connectivity index (χ0n) is 23.2. The molecule has 1 nitrogen and oxygen atoms in total. The van der Waals surface area contributed by atoms with Gasteiger partial charge in [-0.2, -0.15) is 0 Å². The molecule has 4 aliphatic carbocycles. The average molecular weight is 479 g/mol. The zero-order chi connectivity index (χ0) is 24.4. The quantitative estimate of drug-likeness (QED) is 0.191. The number of rotatable bonds is 14. The summed E-state index contributed by atoms with van der Waals surface area (Å²) in [5, 5.41) is 0. The topological polar surface area (TPSA) is 9.23 Å². The van der Waals surface area contributed by atoms with Crippen LogP contribution in [0.1, 0.15) is 153 Å². The van der Waals surface area contributed by atoms with Crippen LogP contribution in [-0.2, 0) is 10.2 Å². The first-order chi connectivity index (χ1) is 17.2. The van der Waals surface area contributed by atoms with Crippen LogP contribution in [0.25, 0.3) is 0 Å². The minimum Gasteiger partial charge on any atom is -0.374 e. The minimum atomic E-state index is 0.469.